The second-order valence-corrected chi connectivity index (χ2v) is 3.05. The number of halogens is 2. The molecule has 0 aromatic heterocycles. The lowest BCUT2D eigenvalue weighted by atomic mass is 10.3. The van der Waals surface area contributed by atoms with Crippen LogP contribution in [0.4, 0.5) is 4.39 Å². The van der Waals surface area contributed by atoms with Crippen molar-refractivity contribution in [3.8, 4) is 17.2 Å². The standard InChI is InChI=1S/C8H8BrFO3/c1-12-4-3-5(13-2)8(11)6(9)7(4)10/h3,11H,1-2H3. The Morgan fingerprint density at radius 2 is 1.85 bits per heavy atom. The predicted molar refractivity (Wildman–Crippen MR) is 48.9 cm³/mol. The topological polar surface area (TPSA) is 38.7 Å². The average Bonchev–Trinajstić information content (AvgIpc) is 2.15. The van der Waals surface area contributed by atoms with Gasteiger partial charge in [0.15, 0.2) is 23.1 Å². The maximum atomic E-state index is 13.2. The van der Waals surface area contributed by atoms with Gasteiger partial charge in [0.1, 0.15) is 4.47 Å². The molecule has 0 amide bonds. The lowest BCUT2D eigenvalue weighted by Gasteiger charge is -2.09. The number of phenols is 1. The van der Waals surface area contributed by atoms with Gasteiger partial charge in [-0.1, -0.05) is 0 Å². The Kier molecular flexibility index (Phi) is 2.98. The Labute approximate surface area is 83.2 Å². The van der Waals surface area contributed by atoms with Gasteiger partial charge in [0.25, 0.3) is 0 Å². The summed E-state index contributed by atoms with van der Waals surface area (Å²) in [5, 5.41) is 9.33. The van der Waals surface area contributed by atoms with Crippen LogP contribution in [0, 0.1) is 5.82 Å². The van der Waals surface area contributed by atoms with Crippen LogP contribution in [0.3, 0.4) is 0 Å². The molecule has 0 fully saturated rings. The smallest absolute Gasteiger partial charge is 0.183 e. The van der Waals surface area contributed by atoms with E-state index in [9.17, 15) is 9.50 Å². The Balaban J connectivity index is 3.36. The molecular formula is C8H8BrFO3. The molecule has 0 heterocycles. The van der Waals surface area contributed by atoms with E-state index in [4.69, 9.17) is 9.47 Å². The fraction of sp³-hybridized carbons (Fsp3) is 0.250. The van der Waals surface area contributed by atoms with Crippen molar-refractivity contribution in [2.24, 2.45) is 0 Å². The van der Waals surface area contributed by atoms with E-state index in [2.05, 4.69) is 15.9 Å². The van der Waals surface area contributed by atoms with Crippen molar-refractivity contribution in [2.45, 2.75) is 0 Å². The van der Waals surface area contributed by atoms with Crippen molar-refractivity contribution >= 4 is 15.9 Å². The molecule has 1 aromatic rings. The SMILES string of the molecule is COc1cc(OC)c(F)c(Br)c1O. The molecule has 0 aliphatic carbocycles. The van der Waals surface area contributed by atoms with Crippen molar-refractivity contribution in [3.63, 3.8) is 0 Å². The first kappa shape index (κ1) is 10.1. The minimum atomic E-state index is -0.652. The van der Waals surface area contributed by atoms with Crippen LogP contribution >= 0.6 is 15.9 Å². The third-order valence-corrected chi connectivity index (χ3v) is 2.28. The zero-order valence-electron chi connectivity index (χ0n) is 7.10. The summed E-state index contributed by atoms with van der Waals surface area (Å²) in [5.41, 5.74) is 0. The van der Waals surface area contributed by atoms with Gasteiger partial charge in [-0.3, -0.25) is 0 Å². The second-order valence-electron chi connectivity index (χ2n) is 2.26. The number of aromatic hydroxyl groups is 1. The van der Waals surface area contributed by atoms with Gasteiger partial charge in [-0.2, -0.15) is 0 Å². The number of rotatable bonds is 2. The predicted octanol–water partition coefficient (Wildman–Crippen LogP) is 2.31. The van der Waals surface area contributed by atoms with Crippen LogP contribution in [0.5, 0.6) is 17.2 Å². The summed E-state index contributed by atoms with van der Waals surface area (Å²) in [6, 6.07) is 1.27. The number of methoxy groups -OCH3 is 2. The van der Waals surface area contributed by atoms with E-state index in [1.165, 1.54) is 20.3 Å². The maximum Gasteiger partial charge on any atom is 0.183 e. The Hall–Kier alpha value is -0.970. The molecule has 0 saturated heterocycles. The van der Waals surface area contributed by atoms with Crippen molar-refractivity contribution in [1.29, 1.82) is 0 Å². The van der Waals surface area contributed by atoms with E-state index < -0.39 is 5.82 Å². The first-order chi connectivity index (χ1) is 6.11. The fourth-order valence-corrected chi connectivity index (χ4v) is 1.27. The molecule has 72 valence electrons. The highest BCUT2D eigenvalue weighted by atomic mass is 79.9. The van der Waals surface area contributed by atoms with Crippen LogP contribution in [0.2, 0.25) is 0 Å². The molecule has 0 atom stereocenters. The normalized spacial score (nSPS) is 9.85. The highest BCUT2D eigenvalue weighted by Gasteiger charge is 2.16. The number of phenolic OH excluding ortho intramolecular Hbond substituents is 1. The van der Waals surface area contributed by atoms with Gasteiger partial charge < -0.3 is 14.6 Å². The molecule has 0 aliphatic rings. The quantitative estimate of drug-likeness (QED) is 0.876. The van der Waals surface area contributed by atoms with Gasteiger partial charge in [-0.15, -0.1) is 0 Å². The highest BCUT2D eigenvalue weighted by Crippen LogP contribution is 2.40. The summed E-state index contributed by atoms with van der Waals surface area (Å²) < 4.78 is 22.6. The van der Waals surface area contributed by atoms with Gasteiger partial charge in [-0.05, 0) is 15.9 Å². The first-order valence-corrected chi connectivity index (χ1v) is 4.20. The molecular weight excluding hydrogens is 243 g/mol. The summed E-state index contributed by atoms with van der Waals surface area (Å²) in [6.07, 6.45) is 0. The van der Waals surface area contributed by atoms with E-state index in [1.807, 2.05) is 0 Å². The van der Waals surface area contributed by atoms with E-state index in [0.717, 1.165) is 0 Å². The van der Waals surface area contributed by atoms with Crippen LogP contribution in [-0.2, 0) is 0 Å². The third kappa shape index (κ3) is 1.70. The molecule has 1 N–H and O–H groups in total. The molecule has 3 nitrogen and oxygen atoms in total. The number of ether oxygens (including phenoxy) is 2. The van der Waals surface area contributed by atoms with E-state index in [1.54, 1.807) is 0 Å². The summed E-state index contributed by atoms with van der Waals surface area (Å²) in [7, 11) is 2.71. The van der Waals surface area contributed by atoms with Gasteiger partial charge in [0, 0.05) is 6.07 Å². The summed E-state index contributed by atoms with van der Waals surface area (Å²) in [6.45, 7) is 0. The zero-order chi connectivity index (χ0) is 10.0. The minimum absolute atomic E-state index is 0.0153. The Morgan fingerprint density at radius 1 is 1.31 bits per heavy atom. The van der Waals surface area contributed by atoms with Gasteiger partial charge in [0.05, 0.1) is 14.2 Å². The molecule has 1 rings (SSSR count). The lowest BCUT2D eigenvalue weighted by molar-refractivity contribution is 0.349. The molecule has 0 unspecified atom stereocenters. The monoisotopic (exact) mass is 250 g/mol. The molecule has 13 heavy (non-hydrogen) atoms. The van der Waals surface area contributed by atoms with Crippen molar-refractivity contribution < 1.29 is 19.0 Å². The van der Waals surface area contributed by atoms with Crippen LogP contribution in [0.15, 0.2) is 10.5 Å². The van der Waals surface area contributed by atoms with Crippen LogP contribution in [0.1, 0.15) is 0 Å². The average molecular weight is 251 g/mol. The van der Waals surface area contributed by atoms with Gasteiger partial charge in [0.2, 0.25) is 0 Å². The molecule has 0 saturated carbocycles. The minimum Gasteiger partial charge on any atom is -0.503 e. The van der Waals surface area contributed by atoms with Crippen molar-refractivity contribution in [3.05, 3.63) is 16.4 Å². The lowest BCUT2D eigenvalue weighted by Crippen LogP contribution is -1.92. The third-order valence-electron chi connectivity index (χ3n) is 1.55. The Morgan fingerprint density at radius 3 is 2.31 bits per heavy atom. The summed E-state index contributed by atoms with van der Waals surface area (Å²) in [5.74, 6) is -0.756. The van der Waals surface area contributed by atoms with E-state index in [0.29, 0.717) is 0 Å². The number of hydrogen-bond acceptors (Lipinski definition) is 3. The highest BCUT2D eigenvalue weighted by molar-refractivity contribution is 9.10. The molecule has 0 bridgehead atoms. The Bertz CT molecular complexity index is 299. The number of benzene rings is 1. The zero-order valence-corrected chi connectivity index (χ0v) is 8.68. The van der Waals surface area contributed by atoms with Crippen molar-refractivity contribution in [1.82, 2.24) is 0 Å². The van der Waals surface area contributed by atoms with Gasteiger partial charge >= 0.3 is 0 Å². The maximum absolute atomic E-state index is 13.2. The van der Waals surface area contributed by atoms with E-state index in [-0.39, 0.29) is 21.7 Å². The molecule has 1 aromatic carbocycles. The van der Waals surface area contributed by atoms with E-state index >= 15 is 0 Å². The largest absolute Gasteiger partial charge is 0.503 e. The van der Waals surface area contributed by atoms with Crippen LogP contribution in [0.25, 0.3) is 0 Å². The molecule has 0 radical (unpaired) electrons. The fourth-order valence-electron chi connectivity index (χ4n) is 0.875. The van der Waals surface area contributed by atoms with Crippen LogP contribution < -0.4 is 9.47 Å². The second kappa shape index (κ2) is 3.83. The van der Waals surface area contributed by atoms with Crippen molar-refractivity contribution in [2.75, 3.05) is 14.2 Å². The first-order valence-electron chi connectivity index (χ1n) is 3.40. The summed E-state index contributed by atoms with van der Waals surface area (Å²) in [4.78, 5) is 0. The van der Waals surface area contributed by atoms with Gasteiger partial charge in [-0.25, -0.2) is 4.39 Å². The molecule has 0 aliphatic heterocycles. The summed E-state index contributed by atoms with van der Waals surface area (Å²) >= 11 is 2.88. The number of hydrogen-bond donors (Lipinski definition) is 1. The molecule has 5 heteroatoms. The van der Waals surface area contributed by atoms with Crippen LogP contribution in [-0.4, -0.2) is 19.3 Å². The molecule has 0 spiro atoms.